The SMILES string of the molecule is CC(C)(C)OC(=O)Nc1ccc(Cl)c(OCCN)c1. The third-order valence-corrected chi connectivity index (χ3v) is 2.26. The Labute approximate surface area is 118 Å². The molecule has 3 N–H and O–H groups in total. The second kappa shape index (κ2) is 6.63. The Bertz CT molecular complexity index is 444. The van der Waals surface area contributed by atoms with Gasteiger partial charge in [0.05, 0.1) is 5.02 Å². The van der Waals surface area contributed by atoms with Crippen molar-refractivity contribution in [2.45, 2.75) is 26.4 Å². The molecule has 0 heterocycles. The Kier molecular flexibility index (Phi) is 5.44. The number of halogens is 1. The first-order valence-corrected chi connectivity index (χ1v) is 6.32. The van der Waals surface area contributed by atoms with Crippen LogP contribution in [0.15, 0.2) is 18.2 Å². The number of nitrogens with one attached hydrogen (secondary N) is 1. The lowest BCUT2D eigenvalue weighted by Gasteiger charge is -2.20. The summed E-state index contributed by atoms with van der Waals surface area (Å²) in [5.74, 6) is 0.473. The second-order valence-electron chi connectivity index (χ2n) is 4.91. The summed E-state index contributed by atoms with van der Waals surface area (Å²) in [5.41, 5.74) is 5.36. The Hall–Kier alpha value is -1.46. The van der Waals surface area contributed by atoms with E-state index >= 15 is 0 Å². The fourth-order valence-electron chi connectivity index (χ4n) is 1.28. The minimum Gasteiger partial charge on any atom is -0.491 e. The molecule has 0 radical (unpaired) electrons. The predicted molar refractivity (Wildman–Crippen MR) is 75.9 cm³/mol. The van der Waals surface area contributed by atoms with Crippen LogP contribution < -0.4 is 15.8 Å². The summed E-state index contributed by atoms with van der Waals surface area (Å²) >= 11 is 5.97. The number of anilines is 1. The molecule has 1 aromatic carbocycles. The van der Waals surface area contributed by atoms with Gasteiger partial charge in [-0.1, -0.05) is 11.6 Å². The number of rotatable bonds is 4. The first-order valence-electron chi connectivity index (χ1n) is 5.94. The van der Waals surface area contributed by atoms with Crippen molar-refractivity contribution in [2.24, 2.45) is 5.73 Å². The third kappa shape index (κ3) is 5.81. The average Bonchev–Trinajstić information content (AvgIpc) is 2.27. The van der Waals surface area contributed by atoms with Gasteiger partial charge in [-0.2, -0.15) is 0 Å². The van der Waals surface area contributed by atoms with Crippen LogP contribution in [0.1, 0.15) is 20.8 Å². The van der Waals surface area contributed by atoms with Crippen molar-refractivity contribution < 1.29 is 14.3 Å². The van der Waals surface area contributed by atoms with Gasteiger partial charge in [-0.25, -0.2) is 4.79 Å². The zero-order valence-corrected chi connectivity index (χ0v) is 12.1. The highest BCUT2D eigenvalue weighted by Gasteiger charge is 2.16. The molecule has 1 rings (SSSR count). The van der Waals surface area contributed by atoms with Gasteiger partial charge in [0, 0.05) is 18.3 Å². The van der Waals surface area contributed by atoms with Crippen LogP contribution in [0.2, 0.25) is 5.02 Å². The number of amides is 1. The molecule has 0 aliphatic rings. The molecule has 0 bridgehead atoms. The van der Waals surface area contributed by atoms with Gasteiger partial charge in [0.25, 0.3) is 0 Å². The minimum atomic E-state index is -0.546. The van der Waals surface area contributed by atoms with Crippen molar-refractivity contribution in [1.29, 1.82) is 0 Å². The molecule has 106 valence electrons. The standard InChI is InChI=1S/C13H19ClN2O3/c1-13(2,3)19-12(17)16-9-4-5-10(14)11(8-9)18-7-6-15/h4-5,8H,6-7,15H2,1-3H3,(H,16,17). The van der Waals surface area contributed by atoms with E-state index in [0.29, 0.717) is 29.6 Å². The molecule has 0 saturated carbocycles. The maximum atomic E-state index is 11.6. The number of benzene rings is 1. The van der Waals surface area contributed by atoms with Crippen LogP contribution in [-0.2, 0) is 4.74 Å². The van der Waals surface area contributed by atoms with Gasteiger partial charge in [-0.05, 0) is 32.9 Å². The number of hydrogen-bond acceptors (Lipinski definition) is 4. The molecular formula is C13H19ClN2O3. The van der Waals surface area contributed by atoms with Crippen LogP contribution in [0, 0.1) is 0 Å². The molecule has 1 aromatic rings. The molecule has 0 unspecified atom stereocenters. The number of carbonyl (C=O) groups is 1. The quantitative estimate of drug-likeness (QED) is 0.892. The van der Waals surface area contributed by atoms with Crippen molar-refractivity contribution in [3.8, 4) is 5.75 Å². The van der Waals surface area contributed by atoms with Crippen molar-refractivity contribution >= 4 is 23.4 Å². The lowest BCUT2D eigenvalue weighted by atomic mass is 10.2. The molecule has 6 heteroatoms. The molecule has 1 amide bonds. The molecule has 19 heavy (non-hydrogen) atoms. The molecule has 0 aromatic heterocycles. The second-order valence-corrected chi connectivity index (χ2v) is 5.32. The first kappa shape index (κ1) is 15.6. The Balaban J connectivity index is 2.71. The van der Waals surface area contributed by atoms with Crippen LogP contribution in [0.5, 0.6) is 5.75 Å². The van der Waals surface area contributed by atoms with E-state index in [-0.39, 0.29) is 0 Å². The Morgan fingerprint density at radius 3 is 2.68 bits per heavy atom. The monoisotopic (exact) mass is 286 g/mol. The molecule has 0 saturated heterocycles. The summed E-state index contributed by atoms with van der Waals surface area (Å²) in [6, 6.07) is 4.93. The van der Waals surface area contributed by atoms with Gasteiger partial charge in [-0.3, -0.25) is 5.32 Å². The zero-order chi connectivity index (χ0) is 14.5. The topological polar surface area (TPSA) is 73.6 Å². The van der Waals surface area contributed by atoms with E-state index in [4.69, 9.17) is 26.8 Å². The highest BCUT2D eigenvalue weighted by atomic mass is 35.5. The van der Waals surface area contributed by atoms with Crippen molar-refractivity contribution in [3.63, 3.8) is 0 Å². The van der Waals surface area contributed by atoms with Gasteiger partial charge in [0.1, 0.15) is 18.0 Å². The van der Waals surface area contributed by atoms with E-state index in [2.05, 4.69) is 5.32 Å². The summed E-state index contributed by atoms with van der Waals surface area (Å²) in [6.45, 7) is 6.13. The summed E-state index contributed by atoms with van der Waals surface area (Å²) < 4.78 is 10.5. The molecule has 0 spiro atoms. The van der Waals surface area contributed by atoms with E-state index in [1.165, 1.54) is 0 Å². The molecule has 0 fully saturated rings. The highest BCUT2D eigenvalue weighted by molar-refractivity contribution is 6.32. The molecule has 0 aliphatic carbocycles. The van der Waals surface area contributed by atoms with Crippen molar-refractivity contribution in [3.05, 3.63) is 23.2 Å². The van der Waals surface area contributed by atoms with Crippen LogP contribution >= 0.6 is 11.6 Å². The molecular weight excluding hydrogens is 268 g/mol. The Morgan fingerprint density at radius 2 is 2.11 bits per heavy atom. The maximum Gasteiger partial charge on any atom is 0.412 e. The number of nitrogens with two attached hydrogens (primary N) is 1. The average molecular weight is 287 g/mol. The lowest BCUT2D eigenvalue weighted by Crippen LogP contribution is -2.27. The summed E-state index contributed by atoms with van der Waals surface area (Å²) in [4.78, 5) is 11.6. The van der Waals surface area contributed by atoms with Gasteiger partial charge in [0.15, 0.2) is 0 Å². The lowest BCUT2D eigenvalue weighted by molar-refractivity contribution is 0.0636. The molecule has 0 aliphatic heterocycles. The number of ether oxygens (including phenoxy) is 2. The van der Waals surface area contributed by atoms with Crippen LogP contribution in [0.4, 0.5) is 10.5 Å². The first-order chi connectivity index (χ1) is 8.81. The smallest absolute Gasteiger partial charge is 0.412 e. The Morgan fingerprint density at radius 1 is 1.42 bits per heavy atom. The van der Waals surface area contributed by atoms with Crippen LogP contribution in [0.25, 0.3) is 0 Å². The largest absolute Gasteiger partial charge is 0.491 e. The van der Waals surface area contributed by atoms with E-state index < -0.39 is 11.7 Å². The molecule has 5 nitrogen and oxygen atoms in total. The van der Waals surface area contributed by atoms with Gasteiger partial charge in [0.2, 0.25) is 0 Å². The fraction of sp³-hybridized carbons (Fsp3) is 0.462. The maximum absolute atomic E-state index is 11.6. The predicted octanol–water partition coefficient (Wildman–Crippen LogP) is 3.02. The van der Waals surface area contributed by atoms with E-state index in [1.807, 2.05) is 0 Å². The van der Waals surface area contributed by atoms with Gasteiger partial charge in [-0.15, -0.1) is 0 Å². The summed E-state index contributed by atoms with van der Waals surface area (Å²) in [5, 5.41) is 3.07. The van der Waals surface area contributed by atoms with Gasteiger partial charge >= 0.3 is 6.09 Å². The van der Waals surface area contributed by atoms with E-state index in [0.717, 1.165) is 0 Å². The van der Waals surface area contributed by atoms with Crippen LogP contribution in [-0.4, -0.2) is 24.8 Å². The highest BCUT2D eigenvalue weighted by Crippen LogP contribution is 2.28. The van der Waals surface area contributed by atoms with E-state index in [1.54, 1.807) is 39.0 Å². The number of hydrogen-bond donors (Lipinski definition) is 2. The molecule has 0 atom stereocenters. The number of carbonyl (C=O) groups excluding carboxylic acids is 1. The summed E-state index contributed by atoms with van der Waals surface area (Å²) in [7, 11) is 0. The van der Waals surface area contributed by atoms with Gasteiger partial charge < -0.3 is 15.2 Å². The normalized spacial score (nSPS) is 11.0. The third-order valence-electron chi connectivity index (χ3n) is 1.95. The van der Waals surface area contributed by atoms with Crippen molar-refractivity contribution in [2.75, 3.05) is 18.5 Å². The fourth-order valence-corrected chi connectivity index (χ4v) is 1.45. The zero-order valence-electron chi connectivity index (χ0n) is 11.3. The van der Waals surface area contributed by atoms with Crippen LogP contribution in [0.3, 0.4) is 0 Å². The summed E-state index contributed by atoms with van der Waals surface area (Å²) in [6.07, 6.45) is -0.528. The minimum absolute atomic E-state index is 0.357. The van der Waals surface area contributed by atoms with Crippen molar-refractivity contribution in [1.82, 2.24) is 0 Å². The van der Waals surface area contributed by atoms with E-state index in [9.17, 15) is 4.79 Å².